The highest BCUT2D eigenvalue weighted by atomic mass is 35.5. The summed E-state index contributed by atoms with van der Waals surface area (Å²) < 4.78 is 22.3. The van der Waals surface area contributed by atoms with Crippen LogP contribution < -0.4 is 5.73 Å². The first kappa shape index (κ1) is 12.8. The van der Waals surface area contributed by atoms with Crippen LogP contribution in [0.25, 0.3) is 11.3 Å². The molecule has 0 aliphatic carbocycles. The summed E-state index contributed by atoms with van der Waals surface area (Å²) in [5.41, 5.74) is 6.21. The molecule has 0 saturated carbocycles. The first-order chi connectivity index (χ1) is 8.56. The van der Waals surface area contributed by atoms with E-state index in [0.717, 1.165) is 11.5 Å². The maximum absolute atomic E-state index is 13.8. The summed E-state index contributed by atoms with van der Waals surface area (Å²) in [7, 11) is 1.24. The number of hydrogen-bond acceptors (Lipinski definition) is 5. The van der Waals surface area contributed by atoms with E-state index in [2.05, 4.69) is 9.11 Å². The molecular weight excluding hydrogens is 279 g/mol. The minimum Gasteiger partial charge on any atom is -0.465 e. The average molecular weight is 287 g/mol. The van der Waals surface area contributed by atoms with Crippen LogP contribution in [-0.2, 0) is 4.74 Å². The molecule has 0 bridgehead atoms. The van der Waals surface area contributed by atoms with Crippen LogP contribution in [-0.4, -0.2) is 17.5 Å². The summed E-state index contributed by atoms with van der Waals surface area (Å²) in [4.78, 5) is 11.5. The molecule has 2 N–H and O–H groups in total. The molecule has 94 valence electrons. The van der Waals surface area contributed by atoms with Crippen molar-refractivity contribution in [2.24, 2.45) is 0 Å². The highest BCUT2D eigenvalue weighted by Gasteiger charge is 2.21. The molecule has 2 rings (SSSR count). The van der Waals surface area contributed by atoms with E-state index < -0.39 is 11.8 Å². The third-order valence-corrected chi connectivity index (χ3v) is 3.44. The second-order valence-corrected chi connectivity index (χ2v) is 4.55. The van der Waals surface area contributed by atoms with Crippen LogP contribution in [0.5, 0.6) is 0 Å². The Morgan fingerprint density at radius 2 is 2.28 bits per heavy atom. The lowest BCUT2D eigenvalue weighted by molar-refractivity contribution is 0.0607. The van der Waals surface area contributed by atoms with Crippen molar-refractivity contribution in [1.82, 2.24) is 4.37 Å². The van der Waals surface area contributed by atoms with Crippen molar-refractivity contribution < 1.29 is 13.9 Å². The molecule has 0 amide bonds. The maximum Gasteiger partial charge on any atom is 0.351 e. The molecule has 0 saturated heterocycles. The summed E-state index contributed by atoms with van der Waals surface area (Å²) in [6.07, 6.45) is 0. The first-order valence-electron chi connectivity index (χ1n) is 4.84. The fourth-order valence-corrected chi connectivity index (χ4v) is 2.32. The van der Waals surface area contributed by atoms with E-state index in [-0.39, 0.29) is 26.8 Å². The molecule has 1 heterocycles. The summed E-state index contributed by atoms with van der Waals surface area (Å²) >= 11 is 6.54. The molecule has 0 fully saturated rings. The van der Waals surface area contributed by atoms with E-state index in [4.69, 9.17) is 17.3 Å². The maximum atomic E-state index is 13.8. The normalized spacial score (nSPS) is 10.4. The van der Waals surface area contributed by atoms with Gasteiger partial charge in [0.15, 0.2) is 10.7 Å². The quantitative estimate of drug-likeness (QED) is 0.862. The number of carbonyl (C=O) groups is 1. The van der Waals surface area contributed by atoms with Crippen LogP contribution in [0.15, 0.2) is 18.2 Å². The third kappa shape index (κ3) is 2.04. The van der Waals surface area contributed by atoms with Gasteiger partial charge >= 0.3 is 5.97 Å². The van der Waals surface area contributed by atoms with Crippen molar-refractivity contribution in [1.29, 1.82) is 0 Å². The van der Waals surface area contributed by atoms with Crippen molar-refractivity contribution in [3.05, 3.63) is 33.9 Å². The van der Waals surface area contributed by atoms with Gasteiger partial charge in [0.05, 0.1) is 17.8 Å². The van der Waals surface area contributed by atoms with Gasteiger partial charge in [-0.15, -0.1) is 0 Å². The molecule has 2 aromatic rings. The zero-order valence-electron chi connectivity index (χ0n) is 9.24. The topological polar surface area (TPSA) is 65.2 Å². The van der Waals surface area contributed by atoms with Crippen molar-refractivity contribution in [2.45, 2.75) is 0 Å². The fraction of sp³-hybridized carbons (Fsp3) is 0.0909. The Labute approximate surface area is 111 Å². The Kier molecular flexibility index (Phi) is 3.49. The number of rotatable bonds is 2. The second-order valence-electron chi connectivity index (χ2n) is 3.37. The van der Waals surface area contributed by atoms with Gasteiger partial charge in [0, 0.05) is 5.56 Å². The SMILES string of the molecule is COC(=O)c1snc(-c2cccc(Cl)c2F)c1N. The minimum absolute atomic E-state index is 0.0282. The van der Waals surface area contributed by atoms with Crippen LogP contribution >= 0.6 is 23.1 Å². The van der Waals surface area contributed by atoms with E-state index in [1.807, 2.05) is 0 Å². The lowest BCUT2D eigenvalue weighted by Gasteiger charge is -2.02. The number of halogens is 2. The van der Waals surface area contributed by atoms with Gasteiger partial charge in [0.2, 0.25) is 0 Å². The number of benzene rings is 1. The number of carbonyl (C=O) groups excluding carboxylic acids is 1. The van der Waals surface area contributed by atoms with E-state index in [1.165, 1.54) is 19.2 Å². The lowest BCUT2D eigenvalue weighted by Crippen LogP contribution is -2.02. The molecule has 0 unspecified atom stereocenters. The van der Waals surface area contributed by atoms with Crippen LogP contribution in [0, 0.1) is 5.82 Å². The largest absolute Gasteiger partial charge is 0.465 e. The van der Waals surface area contributed by atoms with Crippen LogP contribution in [0.1, 0.15) is 9.67 Å². The molecule has 0 radical (unpaired) electrons. The number of methoxy groups -OCH3 is 1. The predicted molar refractivity (Wildman–Crippen MR) is 68.3 cm³/mol. The Morgan fingerprint density at radius 1 is 1.56 bits per heavy atom. The number of ether oxygens (including phenoxy) is 1. The molecule has 1 aromatic heterocycles. The van der Waals surface area contributed by atoms with Crippen LogP contribution in [0.2, 0.25) is 5.02 Å². The van der Waals surface area contributed by atoms with Crippen molar-refractivity contribution >= 4 is 34.8 Å². The predicted octanol–water partition coefficient (Wildman–Crippen LogP) is 2.97. The van der Waals surface area contributed by atoms with Gasteiger partial charge in [0.25, 0.3) is 0 Å². The van der Waals surface area contributed by atoms with E-state index in [9.17, 15) is 9.18 Å². The molecule has 4 nitrogen and oxygen atoms in total. The number of nitrogen functional groups attached to an aromatic ring is 1. The first-order valence-corrected chi connectivity index (χ1v) is 5.99. The van der Waals surface area contributed by atoms with Gasteiger partial charge in [-0.25, -0.2) is 9.18 Å². The average Bonchev–Trinajstić information content (AvgIpc) is 2.74. The van der Waals surface area contributed by atoms with Crippen molar-refractivity contribution in [3.8, 4) is 11.3 Å². The van der Waals surface area contributed by atoms with Gasteiger partial charge in [-0.1, -0.05) is 17.7 Å². The molecule has 0 aliphatic rings. The van der Waals surface area contributed by atoms with Crippen LogP contribution in [0.3, 0.4) is 0 Å². The van der Waals surface area contributed by atoms with Gasteiger partial charge in [-0.3, -0.25) is 0 Å². The molecule has 7 heteroatoms. The number of aromatic nitrogens is 1. The fourth-order valence-electron chi connectivity index (χ4n) is 1.42. The minimum atomic E-state index is -0.618. The summed E-state index contributed by atoms with van der Waals surface area (Å²) in [5.74, 6) is -1.22. The van der Waals surface area contributed by atoms with E-state index in [1.54, 1.807) is 6.07 Å². The standard InChI is InChI=1S/C11H8ClFN2O2S/c1-17-11(16)10-8(14)9(15-18-10)5-3-2-4-6(12)7(5)13/h2-4H,14H2,1H3. The molecule has 0 aliphatic heterocycles. The number of nitrogens with two attached hydrogens (primary N) is 1. The monoisotopic (exact) mass is 286 g/mol. The van der Waals surface area contributed by atoms with E-state index in [0.29, 0.717) is 0 Å². The Balaban J connectivity index is 2.56. The number of nitrogens with zero attached hydrogens (tertiary/aromatic N) is 1. The van der Waals surface area contributed by atoms with Gasteiger partial charge < -0.3 is 10.5 Å². The zero-order chi connectivity index (χ0) is 13.3. The summed E-state index contributed by atoms with van der Waals surface area (Å²) in [6.45, 7) is 0. The van der Waals surface area contributed by atoms with Crippen LogP contribution in [0.4, 0.5) is 10.1 Å². The highest BCUT2D eigenvalue weighted by molar-refractivity contribution is 7.09. The van der Waals surface area contributed by atoms with Gasteiger partial charge in [0.1, 0.15) is 5.69 Å². The smallest absolute Gasteiger partial charge is 0.351 e. The Morgan fingerprint density at radius 3 is 2.94 bits per heavy atom. The Hall–Kier alpha value is -1.66. The summed E-state index contributed by atoms with van der Waals surface area (Å²) in [5, 5.41) is -0.0282. The summed E-state index contributed by atoms with van der Waals surface area (Å²) in [6, 6.07) is 4.50. The molecule has 1 aromatic carbocycles. The van der Waals surface area contributed by atoms with Gasteiger partial charge in [-0.2, -0.15) is 4.37 Å². The van der Waals surface area contributed by atoms with Crippen molar-refractivity contribution in [2.75, 3.05) is 12.8 Å². The second kappa shape index (κ2) is 4.91. The van der Waals surface area contributed by atoms with E-state index >= 15 is 0 Å². The number of esters is 1. The lowest BCUT2D eigenvalue weighted by atomic mass is 10.1. The van der Waals surface area contributed by atoms with Crippen molar-refractivity contribution in [3.63, 3.8) is 0 Å². The highest BCUT2D eigenvalue weighted by Crippen LogP contribution is 2.34. The Bertz CT molecular complexity index is 615. The molecular formula is C11H8ClFN2O2S. The number of hydrogen-bond donors (Lipinski definition) is 1. The van der Waals surface area contributed by atoms with Gasteiger partial charge in [-0.05, 0) is 23.7 Å². The molecule has 0 atom stereocenters. The third-order valence-electron chi connectivity index (χ3n) is 2.31. The zero-order valence-corrected chi connectivity index (χ0v) is 10.8. The number of anilines is 1. The molecule has 0 spiro atoms. The molecule has 18 heavy (non-hydrogen) atoms.